The van der Waals surface area contributed by atoms with Gasteiger partial charge in [0.05, 0.1) is 16.8 Å². The lowest BCUT2D eigenvalue weighted by Crippen LogP contribution is -2.20. The van der Waals surface area contributed by atoms with Crippen molar-refractivity contribution in [1.29, 1.82) is 0 Å². The Morgan fingerprint density at radius 1 is 0.848 bits per heavy atom. The van der Waals surface area contributed by atoms with Gasteiger partial charge in [-0.05, 0) is 36.4 Å². The van der Waals surface area contributed by atoms with Crippen LogP contribution in [0.25, 0.3) is 17.0 Å². The molecule has 0 aliphatic carbocycles. The maximum Gasteiger partial charge on any atom is 0.416 e. The minimum atomic E-state index is -5.02. The summed E-state index contributed by atoms with van der Waals surface area (Å²) in [6.07, 6.45) is -5.01. The molecule has 0 aliphatic heterocycles. The molecular weight excluding hydrogens is 452 g/mol. The van der Waals surface area contributed by atoms with Crippen LogP contribution >= 0.6 is 0 Å². The highest BCUT2D eigenvalue weighted by molar-refractivity contribution is 6.00. The van der Waals surface area contributed by atoms with E-state index in [0.717, 1.165) is 0 Å². The van der Waals surface area contributed by atoms with Crippen LogP contribution in [0.4, 0.5) is 42.5 Å². The third-order valence-electron chi connectivity index (χ3n) is 4.50. The highest BCUT2D eigenvalue weighted by Crippen LogP contribution is 2.37. The molecule has 0 atom stereocenters. The predicted molar refractivity (Wildman–Crippen MR) is 108 cm³/mol. The van der Waals surface area contributed by atoms with Gasteiger partial charge in [0.25, 0.3) is 0 Å². The van der Waals surface area contributed by atoms with Crippen LogP contribution in [0, 0.1) is 0 Å². The molecule has 6 nitrogen and oxygen atoms in total. The van der Waals surface area contributed by atoms with Gasteiger partial charge in [-0.25, -0.2) is 14.8 Å². The van der Waals surface area contributed by atoms with Crippen LogP contribution in [0.15, 0.2) is 67.1 Å². The number of carbonyl (C=O) groups excluding carboxylic acids is 1. The van der Waals surface area contributed by atoms with Gasteiger partial charge in [0, 0.05) is 35.5 Å². The first-order chi connectivity index (χ1) is 15.5. The molecule has 4 aromatic rings. The van der Waals surface area contributed by atoms with Crippen LogP contribution in [0.2, 0.25) is 0 Å². The predicted octanol–water partition coefficient (Wildman–Crippen LogP) is 6.08. The van der Waals surface area contributed by atoms with Crippen molar-refractivity contribution in [2.24, 2.45) is 0 Å². The summed E-state index contributed by atoms with van der Waals surface area (Å²) in [6, 6.07) is 7.91. The Balaban J connectivity index is 1.55. The monoisotopic (exact) mass is 465 g/mol. The third kappa shape index (κ3) is 5.05. The molecule has 4 rings (SSSR count). The number of imidazole rings is 1. The lowest BCUT2D eigenvalue weighted by atomic mass is 10.1. The Morgan fingerprint density at radius 3 is 2.15 bits per heavy atom. The average Bonchev–Trinajstić information content (AvgIpc) is 3.17. The molecule has 12 heteroatoms. The first kappa shape index (κ1) is 22.1. The first-order valence-corrected chi connectivity index (χ1v) is 9.27. The second kappa shape index (κ2) is 8.11. The number of anilines is 2. The number of fused-ring (bicyclic) bond motifs is 1. The Bertz CT molecular complexity index is 1260. The molecule has 2 amide bonds. The number of hydrogen-bond acceptors (Lipinski definition) is 3. The number of aromatic nitrogens is 3. The van der Waals surface area contributed by atoms with Gasteiger partial charge in [0.1, 0.15) is 0 Å². The average molecular weight is 465 g/mol. The van der Waals surface area contributed by atoms with Crippen molar-refractivity contribution >= 4 is 23.2 Å². The summed E-state index contributed by atoms with van der Waals surface area (Å²) in [7, 11) is 0. The fraction of sp³-hybridized carbons (Fsp3) is 0.0952. The molecule has 0 saturated carbocycles. The van der Waals surface area contributed by atoms with E-state index in [1.165, 1.54) is 6.07 Å². The van der Waals surface area contributed by atoms with E-state index in [4.69, 9.17) is 0 Å². The van der Waals surface area contributed by atoms with Gasteiger partial charge in [0.15, 0.2) is 0 Å². The van der Waals surface area contributed by atoms with E-state index in [1.807, 2.05) is 5.32 Å². The van der Waals surface area contributed by atoms with Crippen molar-refractivity contribution in [3.8, 4) is 11.3 Å². The van der Waals surface area contributed by atoms with Gasteiger partial charge in [-0.3, -0.25) is 4.40 Å². The number of hydrogen-bond donors (Lipinski definition) is 2. The number of rotatable bonds is 3. The third-order valence-corrected chi connectivity index (χ3v) is 4.50. The number of alkyl halides is 6. The molecule has 2 heterocycles. The van der Waals surface area contributed by atoms with E-state index in [2.05, 4.69) is 15.3 Å². The number of benzene rings is 2. The minimum Gasteiger partial charge on any atom is -0.308 e. The number of amides is 2. The summed E-state index contributed by atoms with van der Waals surface area (Å²) in [5.41, 5.74) is -2.32. The molecule has 0 fully saturated rings. The Morgan fingerprint density at radius 2 is 1.52 bits per heavy atom. The second-order valence-corrected chi connectivity index (χ2v) is 6.91. The number of carbonyl (C=O) groups is 1. The zero-order valence-corrected chi connectivity index (χ0v) is 16.4. The molecule has 0 bridgehead atoms. The molecule has 0 spiro atoms. The van der Waals surface area contributed by atoms with Crippen molar-refractivity contribution < 1.29 is 31.1 Å². The zero-order valence-electron chi connectivity index (χ0n) is 16.4. The summed E-state index contributed by atoms with van der Waals surface area (Å²) in [6.45, 7) is 0. The largest absolute Gasteiger partial charge is 0.416 e. The topological polar surface area (TPSA) is 71.3 Å². The van der Waals surface area contributed by atoms with Crippen molar-refractivity contribution in [2.45, 2.75) is 12.4 Å². The van der Waals surface area contributed by atoms with Crippen LogP contribution in [0.5, 0.6) is 0 Å². The summed E-state index contributed by atoms with van der Waals surface area (Å²) >= 11 is 0. The summed E-state index contributed by atoms with van der Waals surface area (Å²) in [5.74, 6) is 0.452. The fourth-order valence-electron chi connectivity index (χ4n) is 3.05. The molecule has 2 N–H and O–H groups in total. The number of nitrogens with zero attached hydrogens (tertiary/aromatic N) is 3. The molecular formula is C21H13F6N5O. The lowest BCUT2D eigenvalue weighted by Gasteiger charge is -2.15. The van der Waals surface area contributed by atoms with E-state index in [1.54, 1.807) is 47.3 Å². The van der Waals surface area contributed by atoms with Gasteiger partial charge in [-0.1, -0.05) is 12.1 Å². The number of nitrogens with one attached hydrogen (secondary N) is 2. The van der Waals surface area contributed by atoms with Crippen molar-refractivity contribution in [1.82, 2.24) is 14.4 Å². The van der Waals surface area contributed by atoms with Gasteiger partial charge in [-0.2, -0.15) is 26.3 Å². The minimum absolute atomic E-state index is 0.0176. The highest BCUT2D eigenvalue weighted by Gasteiger charge is 2.37. The highest BCUT2D eigenvalue weighted by atomic mass is 19.4. The summed E-state index contributed by atoms with van der Waals surface area (Å²) < 4.78 is 79.7. The molecule has 0 saturated heterocycles. The normalized spacial score (nSPS) is 12.1. The van der Waals surface area contributed by atoms with Crippen molar-refractivity contribution in [2.75, 3.05) is 10.6 Å². The molecule has 170 valence electrons. The maximum atomic E-state index is 13.0. The second-order valence-electron chi connectivity index (χ2n) is 6.91. The van der Waals surface area contributed by atoms with Gasteiger partial charge in [0.2, 0.25) is 5.78 Å². The standard InChI is InChI=1S/C21H13F6N5O/c22-20(23,24)13-8-14(21(25,26)27)10-16(9-13)30-19(33)29-15-4-1-3-12(7-15)17-11-32-6-2-5-28-18(32)31-17/h1-11H,(H2,29,30,33). The number of urea groups is 1. The molecule has 2 aromatic carbocycles. The number of halogens is 6. The Hall–Kier alpha value is -4.09. The van der Waals surface area contributed by atoms with E-state index in [0.29, 0.717) is 29.2 Å². The fourth-order valence-corrected chi connectivity index (χ4v) is 3.05. The van der Waals surface area contributed by atoms with E-state index in [9.17, 15) is 31.1 Å². The van der Waals surface area contributed by atoms with E-state index < -0.39 is 35.2 Å². The molecule has 0 unspecified atom stereocenters. The molecule has 2 aromatic heterocycles. The Kier molecular flexibility index (Phi) is 5.44. The Labute approximate surface area is 181 Å². The van der Waals surface area contributed by atoms with E-state index >= 15 is 0 Å². The molecule has 33 heavy (non-hydrogen) atoms. The molecule has 0 aliphatic rings. The van der Waals surface area contributed by atoms with Crippen molar-refractivity contribution in [3.63, 3.8) is 0 Å². The zero-order chi connectivity index (χ0) is 23.8. The SMILES string of the molecule is O=C(Nc1cccc(-c2cn3cccnc3n2)c1)Nc1cc(C(F)(F)F)cc(C(F)(F)F)c1. The summed E-state index contributed by atoms with van der Waals surface area (Å²) in [4.78, 5) is 20.7. The van der Waals surface area contributed by atoms with Crippen LogP contribution < -0.4 is 10.6 Å². The van der Waals surface area contributed by atoms with Gasteiger partial charge in [-0.15, -0.1) is 0 Å². The van der Waals surface area contributed by atoms with Crippen LogP contribution in [-0.2, 0) is 12.4 Å². The lowest BCUT2D eigenvalue weighted by molar-refractivity contribution is -0.143. The van der Waals surface area contributed by atoms with Gasteiger partial charge < -0.3 is 10.6 Å². The van der Waals surface area contributed by atoms with Crippen LogP contribution in [-0.4, -0.2) is 20.4 Å². The quantitative estimate of drug-likeness (QED) is 0.361. The molecule has 0 radical (unpaired) electrons. The maximum absolute atomic E-state index is 13.0. The van der Waals surface area contributed by atoms with Crippen LogP contribution in [0.1, 0.15) is 11.1 Å². The first-order valence-electron chi connectivity index (χ1n) is 9.27. The van der Waals surface area contributed by atoms with Gasteiger partial charge >= 0.3 is 18.4 Å². The van der Waals surface area contributed by atoms with E-state index in [-0.39, 0.29) is 11.8 Å². The smallest absolute Gasteiger partial charge is 0.308 e. The van der Waals surface area contributed by atoms with Crippen LogP contribution in [0.3, 0.4) is 0 Å². The van der Waals surface area contributed by atoms with Crippen molar-refractivity contribution in [3.05, 3.63) is 78.2 Å². The summed E-state index contributed by atoms with van der Waals surface area (Å²) in [5, 5.41) is 4.40.